The zero-order chi connectivity index (χ0) is 20.7. The van der Waals surface area contributed by atoms with Crippen LogP contribution in [-0.2, 0) is 21.7 Å². The number of carbonyl (C=O) groups is 1. The number of thioether (sulfide) groups is 1. The SMILES string of the molecule is COC(=O)Cc1ccc(O)c(Oc2ccc(N=O)cc2CSCC(F)(F)F)c1. The number of alkyl halides is 3. The topological polar surface area (TPSA) is 85.2 Å². The molecule has 6 nitrogen and oxygen atoms in total. The van der Waals surface area contributed by atoms with E-state index in [1.165, 1.54) is 43.5 Å². The van der Waals surface area contributed by atoms with Crippen molar-refractivity contribution in [1.29, 1.82) is 0 Å². The molecule has 0 aliphatic heterocycles. The van der Waals surface area contributed by atoms with Gasteiger partial charge in [0.1, 0.15) is 11.4 Å². The highest BCUT2D eigenvalue weighted by molar-refractivity contribution is 7.98. The lowest BCUT2D eigenvalue weighted by atomic mass is 10.1. The molecule has 0 radical (unpaired) electrons. The first-order valence-electron chi connectivity index (χ1n) is 7.89. The Morgan fingerprint density at radius 1 is 1.18 bits per heavy atom. The second-order valence-electron chi connectivity index (χ2n) is 5.65. The molecule has 0 aromatic heterocycles. The average Bonchev–Trinajstić information content (AvgIpc) is 2.64. The van der Waals surface area contributed by atoms with Crippen LogP contribution in [0.15, 0.2) is 41.6 Å². The number of halogens is 3. The second kappa shape index (κ2) is 9.45. The third-order valence-corrected chi connectivity index (χ3v) is 4.54. The lowest BCUT2D eigenvalue weighted by Crippen LogP contribution is -2.10. The first kappa shape index (κ1) is 21.5. The molecule has 0 unspecified atom stereocenters. The van der Waals surface area contributed by atoms with E-state index in [9.17, 15) is 28.0 Å². The number of hydrogen-bond acceptors (Lipinski definition) is 7. The molecule has 2 aromatic rings. The van der Waals surface area contributed by atoms with Crippen molar-refractivity contribution in [1.82, 2.24) is 0 Å². The molecule has 150 valence electrons. The number of hydrogen-bond donors (Lipinski definition) is 1. The zero-order valence-corrected chi connectivity index (χ0v) is 15.5. The summed E-state index contributed by atoms with van der Waals surface area (Å²) in [5, 5.41) is 12.8. The number of phenolic OH excluding ortho intramolecular Hbond substituents is 1. The monoisotopic (exact) mass is 415 g/mol. The summed E-state index contributed by atoms with van der Waals surface area (Å²) < 4.78 is 47.4. The van der Waals surface area contributed by atoms with E-state index in [1.807, 2.05) is 0 Å². The Labute approximate surface area is 162 Å². The molecule has 0 aliphatic rings. The third-order valence-electron chi connectivity index (χ3n) is 3.49. The molecular weight excluding hydrogens is 399 g/mol. The Hall–Kier alpha value is -2.75. The Morgan fingerprint density at radius 2 is 1.93 bits per heavy atom. The van der Waals surface area contributed by atoms with Gasteiger partial charge in [0.15, 0.2) is 11.5 Å². The predicted molar refractivity (Wildman–Crippen MR) is 98.0 cm³/mol. The van der Waals surface area contributed by atoms with Gasteiger partial charge >= 0.3 is 12.1 Å². The van der Waals surface area contributed by atoms with E-state index in [4.69, 9.17) is 4.74 Å². The summed E-state index contributed by atoms with van der Waals surface area (Å²) in [6.07, 6.45) is -4.37. The number of nitroso groups, excluding NO2 is 1. The van der Waals surface area contributed by atoms with Gasteiger partial charge in [0, 0.05) is 11.3 Å². The van der Waals surface area contributed by atoms with E-state index in [0.29, 0.717) is 22.9 Å². The molecule has 0 spiro atoms. The van der Waals surface area contributed by atoms with Crippen molar-refractivity contribution < 1.29 is 32.5 Å². The fourth-order valence-corrected chi connectivity index (χ4v) is 3.00. The number of ether oxygens (including phenoxy) is 2. The van der Waals surface area contributed by atoms with Crippen molar-refractivity contribution in [2.45, 2.75) is 18.3 Å². The molecule has 0 heterocycles. The molecule has 0 saturated heterocycles. The van der Waals surface area contributed by atoms with Crippen LogP contribution in [0.5, 0.6) is 17.2 Å². The van der Waals surface area contributed by atoms with E-state index in [2.05, 4.69) is 9.91 Å². The quantitative estimate of drug-likeness (QED) is 0.477. The van der Waals surface area contributed by atoms with Crippen molar-refractivity contribution >= 4 is 23.4 Å². The summed E-state index contributed by atoms with van der Waals surface area (Å²) >= 11 is 0.604. The fraction of sp³-hybridized carbons (Fsp3) is 0.278. The standard InChI is InChI=1S/C18H16F3NO5S/c1-26-17(24)7-11-2-4-14(23)16(6-11)27-15-5-3-13(22-25)8-12(15)9-28-10-18(19,20)21/h2-6,8,23H,7,9-10H2,1H3. The van der Waals surface area contributed by atoms with Gasteiger partial charge in [-0.05, 0) is 41.1 Å². The average molecular weight is 415 g/mol. The number of aromatic hydroxyl groups is 1. The van der Waals surface area contributed by atoms with Crippen LogP contribution >= 0.6 is 11.8 Å². The molecule has 0 aliphatic carbocycles. The van der Waals surface area contributed by atoms with Crippen LogP contribution in [0.1, 0.15) is 11.1 Å². The molecular formula is C18H16F3NO5S. The highest BCUT2D eigenvalue weighted by Crippen LogP contribution is 2.36. The van der Waals surface area contributed by atoms with E-state index < -0.39 is 17.9 Å². The van der Waals surface area contributed by atoms with Gasteiger partial charge in [0.05, 0.1) is 19.3 Å². The van der Waals surface area contributed by atoms with Gasteiger partial charge in [-0.15, -0.1) is 16.7 Å². The molecule has 0 bridgehead atoms. The Morgan fingerprint density at radius 3 is 2.57 bits per heavy atom. The Kier molecular flexibility index (Phi) is 7.27. The van der Waals surface area contributed by atoms with Gasteiger partial charge in [-0.3, -0.25) is 4.79 Å². The number of esters is 1. The molecule has 28 heavy (non-hydrogen) atoms. The molecule has 2 aromatic carbocycles. The van der Waals surface area contributed by atoms with E-state index >= 15 is 0 Å². The van der Waals surface area contributed by atoms with Gasteiger partial charge in [-0.1, -0.05) is 6.07 Å². The summed E-state index contributed by atoms with van der Waals surface area (Å²) in [6.45, 7) is 0. The van der Waals surface area contributed by atoms with Crippen molar-refractivity contribution in [2.75, 3.05) is 12.9 Å². The van der Waals surface area contributed by atoms with Crippen LogP contribution < -0.4 is 4.74 Å². The summed E-state index contributed by atoms with van der Waals surface area (Å²) in [5.74, 6) is -1.68. The number of rotatable bonds is 8. The van der Waals surface area contributed by atoms with Crippen LogP contribution in [0.3, 0.4) is 0 Å². The normalized spacial score (nSPS) is 11.1. The molecule has 2 rings (SSSR count). The highest BCUT2D eigenvalue weighted by atomic mass is 32.2. The number of nitrogens with zero attached hydrogens (tertiary/aromatic N) is 1. The largest absolute Gasteiger partial charge is 0.504 e. The number of carbonyl (C=O) groups excluding carboxylic acids is 1. The molecule has 1 N–H and O–H groups in total. The first-order chi connectivity index (χ1) is 13.2. The molecule has 0 amide bonds. The van der Waals surface area contributed by atoms with Crippen molar-refractivity contribution in [3.05, 3.63) is 52.4 Å². The maximum Gasteiger partial charge on any atom is 0.397 e. The van der Waals surface area contributed by atoms with Gasteiger partial charge in [0.2, 0.25) is 0 Å². The minimum absolute atomic E-state index is 0.00952. The summed E-state index contributed by atoms with van der Waals surface area (Å²) in [4.78, 5) is 22.1. The minimum atomic E-state index is -4.33. The lowest BCUT2D eigenvalue weighted by Gasteiger charge is -2.14. The van der Waals surface area contributed by atoms with Crippen molar-refractivity contribution in [3.63, 3.8) is 0 Å². The maximum absolute atomic E-state index is 12.4. The molecule has 10 heteroatoms. The number of methoxy groups -OCH3 is 1. The van der Waals surface area contributed by atoms with E-state index in [1.54, 1.807) is 0 Å². The smallest absolute Gasteiger partial charge is 0.397 e. The van der Waals surface area contributed by atoms with E-state index in [-0.39, 0.29) is 35.1 Å². The molecule has 0 saturated carbocycles. The maximum atomic E-state index is 12.4. The van der Waals surface area contributed by atoms with Crippen LogP contribution in [0.4, 0.5) is 18.9 Å². The van der Waals surface area contributed by atoms with Crippen LogP contribution in [0.25, 0.3) is 0 Å². The Bertz CT molecular complexity index is 858. The summed E-state index contributed by atoms with van der Waals surface area (Å²) in [5.41, 5.74) is 0.863. The molecule has 0 fully saturated rings. The minimum Gasteiger partial charge on any atom is -0.504 e. The highest BCUT2D eigenvalue weighted by Gasteiger charge is 2.27. The molecule has 0 atom stereocenters. The van der Waals surface area contributed by atoms with Gasteiger partial charge in [-0.25, -0.2) is 0 Å². The van der Waals surface area contributed by atoms with Crippen LogP contribution in [0, 0.1) is 4.91 Å². The van der Waals surface area contributed by atoms with Crippen LogP contribution in [-0.4, -0.2) is 30.1 Å². The van der Waals surface area contributed by atoms with Crippen molar-refractivity contribution in [3.8, 4) is 17.2 Å². The summed E-state index contributed by atoms with van der Waals surface area (Å²) in [6, 6.07) is 8.31. The Balaban J connectivity index is 2.25. The number of benzene rings is 2. The first-order valence-corrected chi connectivity index (χ1v) is 9.04. The van der Waals surface area contributed by atoms with Crippen molar-refractivity contribution in [2.24, 2.45) is 5.18 Å². The summed E-state index contributed by atoms with van der Waals surface area (Å²) in [7, 11) is 1.24. The number of phenols is 1. The predicted octanol–water partition coefficient (Wildman–Crippen LogP) is 5.09. The zero-order valence-electron chi connectivity index (χ0n) is 14.7. The lowest BCUT2D eigenvalue weighted by molar-refractivity contribution is -0.139. The second-order valence-corrected chi connectivity index (χ2v) is 6.63. The fourth-order valence-electron chi connectivity index (χ4n) is 2.22. The van der Waals surface area contributed by atoms with Gasteiger partial charge < -0.3 is 14.6 Å². The van der Waals surface area contributed by atoms with Gasteiger partial charge in [-0.2, -0.15) is 13.2 Å². The third kappa shape index (κ3) is 6.45. The van der Waals surface area contributed by atoms with E-state index in [0.717, 1.165) is 0 Å². The van der Waals surface area contributed by atoms with Gasteiger partial charge in [0.25, 0.3) is 0 Å². The van der Waals surface area contributed by atoms with Crippen LogP contribution in [0.2, 0.25) is 0 Å².